The number of aryl methyl sites for hydroxylation is 1. The van der Waals surface area contributed by atoms with Crippen LogP contribution in [0.25, 0.3) is 0 Å². The summed E-state index contributed by atoms with van der Waals surface area (Å²) in [6, 6.07) is 7.75. The van der Waals surface area contributed by atoms with E-state index in [0.29, 0.717) is 6.54 Å². The van der Waals surface area contributed by atoms with Gasteiger partial charge in [0.25, 0.3) is 0 Å². The lowest BCUT2D eigenvalue weighted by Gasteiger charge is -2.22. The highest BCUT2D eigenvalue weighted by molar-refractivity contribution is 6.03. The Morgan fingerprint density at radius 3 is 2.91 bits per heavy atom. The zero-order valence-electron chi connectivity index (χ0n) is 12.5. The van der Waals surface area contributed by atoms with Crippen molar-refractivity contribution in [2.45, 2.75) is 18.6 Å². The molecule has 5 heteroatoms. The third-order valence-electron chi connectivity index (χ3n) is 4.98. The van der Waals surface area contributed by atoms with Crippen molar-refractivity contribution in [2.75, 3.05) is 18.6 Å². The van der Waals surface area contributed by atoms with Crippen LogP contribution in [0.4, 0.5) is 5.69 Å². The molecule has 0 saturated carbocycles. The molecule has 4 rings (SSSR count). The number of anilines is 1. The number of para-hydroxylation sites is 1. The molecule has 1 spiro atoms. The zero-order chi connectivity index (χ0) is 15.5. The second-order valence-corrected chi connectivity index (χ2v) is 6.13. The van der Waals surface area contributed by atoms with Crippen LogP contribution in [-0.4, -0.2) is 37.2 Å². The Morgan fingerprint density at radius 1 is 1.41 bits per heavy atom. The predicted molar refractivity (Wildman–Crippen MR) is 79.3 cm³/mol. The van der Waals surface area contributed by atoms with Crippen molar-refractivity contribution in [3.63, 3.8) is 0 Å². The van der Waals surface area contributed by atoms with Gasteiger partial charge in [-0.25, -0.2) is 0 Å². The molecule has 1 aromatic rings. The largest absolute Gasteiger partial charge is 0.469 e. The summed E-state index contributed by atoms with van der Waals surface area (Å²) < 4.78 is 10.9. The van der Waals surface area contributed by atoms with Crippen molar-refractivity contribution in [3.05, 3.63) is 42.0 Å². The summed E-state index contributed by atoms with van der Waals surface area (Å²) in [6.07, 6.45) is 3.48. The Labute approximate surface area is 128 Å². The van der Waals surface area contributed by atoms with Crippen LogP contribution in [-0.2, 0) is 19.1 Å². The van der Waals surface area contributed by atoms with Crippen LogP contribution in [0, 0.1) is 18.8 Å². The molecule has 22 heavy (non-hydrogen) atoms. The first-order valence-electron chi connectivity index (χ1n) is 7.39. The molecular formula is C17H17NO4. The maximum absolute atomic E-state index is 13.0. The smallest absolute Gasteiger partial charge is 0.312 e. The van der Waals surface area contributed by atoms with E-state index < -0.39 is 17.4 Å². The summed E-state index contributed by atoms with van der Waals surface area (Å²) in [4.78, 5) is 26.8. The molecule has 4 atom stereocenters. The van der Waals surface area contributed by atoms with Gasteiger partial charge in [-0.05, 0) is 18.6 Å². The topological polar surface area (TPSA) is 55.8 Å². The van der Waals surface area contributed by atoms with E-state index in [1.807, 2.05) is 43.3 Å². The van der Waals surface area contributed by atoms with Gasteiger partial charge >= 0.3 is 5.97 Å². The number of esters is 1. The minimum atomic E-state index is -0.692. The molecule has 3 heterocycles. The van der Waals surface area contributed by atoms with Crippen molar-refractivity contribution in [2.24, 2.45) is 11.8 Å². The first-order chi connectivity index (χ1) is 10.6. The van der Waals surface area contributed by atoms with E-state index in [9.17, 15) is 9.59 Å². The third kappa shape index (κ3) is 1.57. The van der Waals surface area contributed by atoms with Crippen molar-refractivity contribution in [1.82, 2.24) is 0 Å². The number of hydrogen-bond acceptors (Lipinski definition) is 4. The van der Waals surface area contributed by atoms with Crippen molar-refractivity contribution in [1.29, 1.82) is 0 Å². The number of rotatable bonds is 2. The highest BCUT2D eigenvalue weighted by Crippen LogP contribution is 2.53. The van der Waals surface area contributed by atoms with Gasteiger partial charge in [0, 0.05) is 5.69 Å². The van der Waals surface area contributed by atoms with Crippen molar-refractivity contribution < 1.29 is 19.1 Å². The van der Waals surface area contributed by atoms with Gasteiger partial charge in [-0.3, -0.25) is 9.59 Å². The van der Waals surface area contributed by atoms with Crippen molar-refractivity contribution in [3.8, 4) is 0 Å². The summed E-state index contributed by atoms with van der Waals surface area (Å²) in [5.41, 5.74) is 1.21. The Kier molecular flexibility index (Phi) is 2.72. The molecule has 2 bridgehead atoms. The maximum atomic E-state index is 13.0. The van der Waals surface area contributed by atoms with Crippen LogP contribution < -0.4 is 4.90 Å². The van der Waals surface area contributed by atoms with E-state index in [4.69, 9.17) is 9.47 Å². The van der Waals surface area contributed by atoms with Gasteiger partial charge in [0.1, 0.15) is 11.5 Å². The highest BCUT2D eigenvalue weighted by Gasteiger charge is 2.67. The fourth-order valence-corrected chi connectivity index (χ4v) is 3.97. The Balaban J connectivity index is 1.75. The van der Waals surface area contributed by atoms with E-state index in [1.165, 1.54) is 7.11 Å². The van der Waals surface area contributed by atoms with Crippen molar-refractivity contribution >= 4 is 17.6 Å². The average molecular weight is 299 g/mol. The van der Waals surface area contributed by atoms with Gasteiger partial charge in [-0.1, -0.05) is 30.4 Å². The molecule has 5 nitrogen and oxygen atoms in total. The molecular weight excluding hydrogens is 282 g/mol. The fraction of sp³-hybridized carbons (Fsp3) is 0.412. The summed E-state index contributed by atoms with van der Waals surface area (Å²) in [7, 11) is 1.35. The lowest BCUT2D eigenvalue weighted by Crippen LogP contribution is -2.39. The number of amides is 1. The van der Waals surface area contributed by atoms with Crippen LogP contribution in [0.2, 0.25) is 0 Å². The summed E-state index contributed by atoms with van der Waals surface area (Å²) >= 11 is 0. The number of carbonyl (C=O) groups excluding carboxylic acids is 2. The van der Waals surface area contributed by atoms with Gasteiger partial charge in [-0.2, -0.15) is 0 Å². The van der Waals surface area contributed by atoms with Gasteiger partial charge < -0.3 is 14.4 Å². The van der Waals surface area contributed by atoms with E-state index in [2.05, 4.69) is 0 Å². The SMILES string of the molecule is COC(=O)[C@H]1[C@H]2C=C[C@@]3(CN(c4ccccc4C)C(=O)[C@@H]13)O2. The van der Waals surface area contributed by atoms with Crippen LogP contribution in [0.5, 0.6) is 0 Å². The minimum absolute atomic E-state index is 0.0587. The third-order valence-corrected chi connectivity index (χ3v) is 4.98. The van der Waals surface area contributed by atoms with Crippen LogP contribution in [0.3, 0.4) is 0 Å². The van der Waals surface area contributed by atoms with Crippen LogP contribution >= 0.6 is 0 Å². The molecule has 2 fully saturated rings. The molecule has 0 unspecified atom stereocenters. The van der Waals surface area contributed by atoms with Gasteiger partial charge in [0.05, 0.1) is 25.7 Å². The fourth-order valence-electron chi connectivity index (χ4n) is 3.97. The Bertz CT molecular complexity index is 698. The standard InChI is InChI=1S/C17H17NO4/c1-10-5-3-4-6-11(10)18-9-17-8-7-12(22-17)13(16(20)21-2)14(17)15(18)19/h3-8,12-14H,9H2,1-2H3/t12-,13+,14-,17+/m1/s1. The molecule has 0 aliphatic carbocycles. The van der Waals surface area contributed by atoms with E-state index >= 15 is 0 Å². The lowest BCUT2D eigenvalue weighted by atomic mass is 9.77. The van der Waals surface area contributed by atoms with E-state index in [1.54, 1.807) is 4.90 Å². The summed E-state index contributed by atoms with van der Waals surface area (Å²) in [5.74, 6) is -1.47. The first kappa shape index (κ1) is 13.5. The molecule has 2 saturated heterocycles. The summed E-state index contributed by atoms with van der Waals surface area (Å²) in [5, 5.41) is 0. The Morgan fingerprint density at radius 2 is 2.18 bits per heavy atom. The predicted octanol–water partition coefficient (Wildman–Crippen LogP) is 1.45. The maximum Gasteiger partial charge on any atom is 0.312 e. The molecule has 0 aromatic heterocycles. The van der Waals surface area contributed by atoms with Crippen LogP contribution in [0.15, 0.2) is 36.4 Å². The van der Waals surface area contributed by atoms with E-state index in [0.717, 1.165) is 11.3 Å². The van der Waals surface area contributed by atoms with Gasteiger partial charge in [0.2, 0.25) is 5.91 Å². The molecule has 0 radical (unpaired) electrons. The number of nitrogens with zero attached hydrogens (tertiary/aromatic N) is 1. The first-order valence-corrected chi connectivity index (χ1v) is 7.39. The quantitative estimate of drug-likeness (QED) is 0.613. The molecule has 1 amide bonds. The normalized spacial score (nSPS) is 35.1. The molecule has 1 aromatic carbocycles. The van der Waals surface area contributed by atoms with Gasteiger partial charge in [-0.15, -0.1) is 0 Å². The average Bonchev–Trinajstić information content (AvgIpc) is 3.15. The second kappa shape index (κ2) is 4.43. The highest BCUT2D eigenvalue weighted by atomic mass is 16.5. The van der Waals surface area contributed by atoms with Gasteiger partial charge in [0.15, 0.2) is 0 Å². The molecule has 0 N–H and O–H groups in total. The Hall–Kier alpha value is -2.14. The number of carbonyl (C=O) groups is 2. The molecule has 114 valence electrons. The number of hydrogen-bond donors (Lipinski definition) is 0. The molecule has 3 aliphatic rings. The lowest BCUT2D eigenvalue weighted by molar-refractivity contribution is -0.149. The number of fused-ring (bicyclic) bond motifs is 1. The monoisotopic (exact) mass is 299 g/mol. The minimum Gasteiger partial charge on any atom is -0.469 e. The molecule has 3 aliphatic heterocycles. The van der Waals surface area contributed by atoms with Crippen LogP contribution in [0.1, 0.15) is 5.56 Å². The number of ether oxygens (including phenoxy) is 2. The number of benzene rings is 1. The zero-order valence-corrected chi connectivity index (χ0v) is 12.5. The van der Waals surface area contributed by atoms with E-state index in [-0.39, 0.29) is 18.0 Å². The number of methoxy groups -OCH3 is 1. The summed E-state index contributed by atoms with van der Waals surface area (Å²) in [6.45, 7) is 2.42. The second-order valence-electron chi connectivity index (χ2n) is 6.13.